The lowest BCUT2D eigenvalue weighted by molar-refractivity contribution is 0.102. The van der Waals surface area contributed by atoms with Crippen LogP contribution in [0.4, 0.5) is 5.82 Å². The smallest absolute Gasteiger partial charge is 0.349 e. The van der Waals surface area contributed by atoms with Crippen molar-refractivity contribution in [2.45, 2.75) is 13.3 Å². The van der Waals surface area contributed by atoms with Crippen molar-refractivity contribution in [2.75, 3.05) is 11.9 Å². The molecule has 2 aromatic heterocycles. The number of nitrogens with one attached hydrogen (secondary N) is 1. The van der Waals surface area contributed by atoms with Crippen LogP contribution in [0.1, 0.15) is 23.7 Å². The van der Waals surface area contributed by atoms with Gasteiger partial charge in [0, 0.05) is 22.1 Å². The van der Waals surface area contributed by atoms with E-state index in [0.29, 0.717) is 29.1 Å². The predicted octanol–water partition coefficient (Wildman–Crippen LogP) is 3.99. The highest BCUT2D eigenvalue weighted by Gasteiger charge is 2.15. The van der Waals surface area contributed by atoms with Gasteiger partial charge in [0.25, 0.3) is 5.91 Å². The first-order valence-corrected chi connectivity index (χ1v) is 8.49. The van der Waals surface area contributed by atoms with Gasteiger partial charge in [0.1, 0.15) is 22.7 Å². The number of nitrogens with zero attached hydrogens (tertiary/aromatic N) is 1. The van der Waals surface area contributed by atoms with Gasteiger partial charge in [-0.3, -0.25) is 4.79 Å². The molecule has 3 rings (SSSR count). The van der Waals surface area contributed by atoms with Gasteiger partial charge < -0.3 is 14.5 Å². The highest BCUT2D eigenvalue weighted by atomic mass is 79.9. The van der Waals surface area contributed by atoms with Crippen molar-refractivity contribution in [3.05, 3.63) is 63.1 Å². The lowest BCUT2D eigenvalue weighted by atomic mass is 10.1. The Kier molecular flexibility index (Phi) is 5.14. The number of aromatic nitrogens is 1. The first-order chi connectivity index (χ1) is 12.1. The summed E-state index contributed by atoms with van der Waals surface area (Å²) < 4.78 is 11.6. The fraction of sp³-hybridized carbons (Fsp3) is 0.167. The molecule has 0 aliphatic carbocycles. The number of anilines is 1. The zero-order chi connectivity index (χ0) is 17.8. The van der Waals surface area contributed by atoms with Gasteiger partial charge in [0.15, 0.2) is 0 Å². The lowest BCUT2D eigenvalue weighted by Crippen LogP contribution is -2.21. The van der Waals surface area contributed by atoms with Crippen LogP contribution in [-0.2, 0) is 0 Å². The van der Waals surface area contributed by atoms with Crippen molar-refractivity contribution in [2.24, 2.45) is 0 Å². The maximum Gasteiger partial charge on any atom is 0.349 e. The number of hydrogen-bond donors (Lipinski definition) is 1. The van der Waals surface area contributed by atoms with Gasteiger partial charge >= 0.3 is 5.63 Å². The first-order valence-electron chi connectivity index (χ1n) is 7.70. The van der Waals surface area contributed by atoms with Crippen LogP contribution in [-0.4, -0.2) is 17.5 Å². The van der Waals surface area contributed by atoms with E-state index in [1.54, 1.807) is 36.5 Å². The second-order valence-corrected chi connectivity index (χ2v) is 6.23. The standard InChI is InChI=1S/C18H15BrN2O4/c1-2-7-24-13-5-3-11-8-14(18(23)25-15(11)9-13)17(22)21-16-6-4-12(19)10-20-16/h3-6,8-10H,2,7H2,1H3,(H,20,21,22). The summed E-state index contributed by atoms with van der Waals surface area (Å²) in [5, 5.41) is 3.21. The van der Waals surface area contributed by atoms with E-state index in [4.69, 9.17) is 9.15 Å². The summed E-state index contributed by atoms with van der Waals surface area (Å²) in [6, 6.07) is 10.0. The zero-order valence-electron chi connectivity index (χ0n) is 13.4. The summed E-state index contributed by atoms with van der Waals surface area (Å²) in [5.41, 5.74) is -0.425. The minimum absolute atomic E-state index is 0.0838. The number of fused-ring (bicyclic) bond motifs is 1. The molecule has 0 fully saturated rings. The molecule has 0 unspecified atom stereocenters. The number of amides is 1. The number of hydrogen-bond acceptors (Lipinski definition) is 5. The van der Waals surface area contributed by atoms with E-state index in [-0.39, 0.29) is 5.56 Å². The van der Waals surface area contributed by atoms with Crippen molar-refractivity contribution in [3.8, 4) is 5.75 Å². The van der Waals surface area contributed by atoms with Gasteiger partial charge in [0.05, 0.1) is 6.61 Å². The van der Waals surface area contributed by atoms with Crippen LogP contribution >= 0.6 is 15.9 Å². The molecule has 0 aliphatic heterocycles. The van der Waals surface area contributed by atoms with Gasteiger partial charge in [-0.1, -0.05) is 6.92 Å². The minimum Gasteiger partial charge on any atom is -0.493 e. The topological polar surface area (TPSA) is 81.4 Å². The summed E-state index contributed by atoms with van der Waals surface area (Å²) in [4.78, 5) is 28.5. The summed E-state index contributed by atoms with van der Waals surface area (Å²) in [7, 11) is 0. The molecule has 0 spiro atoms. The Morgan fingerprint density at radius 1 is 1.28 bits per heavy atom. The summed E-state index contributed by atoms with van der Waals surface area (Å²) in [6.07, 6.45) is 2.43. The van der Waals surface area contributed by atoms with Crippen LogP contribution in [0.2, 0.25) is 0 Å². The molecule has 0 aliphatic rings. The third-order valence-electron chi connectivity index (χ3n) is 3.39. The molecule has 1 aromatic carbocycles. The average Bonchev–Trinajstić information content (AvgIpc) is 2.61. The Morgan fingerprint density at radius 2 is 2.12 bits per heavy atom. The summed E-state index contributed by atoms with van der Waals surface area (Å²) in [6.45, 7) is 2.59. The molecule has 0 atom stereocenters. The van der Waals surface area contributed by atoms with Gasteiger partial charge in [-0.05, 0) is 52.7 Å². The molecular formula is C18H15BrN2O4. The molecule has 0 bridgehead atoms. The maximum atomic E-state index is 12.3. The fourth-order valence-corrected chi connectivity index (χ4v) is 2.43. The quantitative estimate of drug-likeness (QED) is 0.652. The second kappa shape index (κ2) is 7.48. The van der Waals surface area contributed by atoms with E-state index in [1.165, 1.54) is 6.07 Å². The Labute approximate surface area is 152 Å². The minimum atomic E-state index is -0.713. The molecule has 1 amide bonds. The Morgan fingerprint density at radius 3 is 2.84 bits per heavy atom. The SMILES string of the molecule is CCCOc1ccc2cc(C(=O)Nc3ccc(Br)cn3)c(=O)oc2c1. The first kappa shape index (κ1) is 17.2. The monoisotopic (exact) mass is 402 g/mol. The van der Waals surface area contributed by atoms with Crippen molar-refractivity contribution in [3.63, 3.8) is 0 Å². The third-order valence-corrected chi connectivity index (χ3v) is 3.86. The van der Waals surface area contributed by atoms with Crippen LogP contribution in [0.3, 0.4) is 0 Å². The summed E-state index contributed by atoms with van der Waals surface area (Å²) >= 11 is 3.27. The van der Waals surface area contributed by atoms with E-state index in [2.05, 4.69) is 26.2 Å². The second-order valence-electron chi connectivity index (χ2n) is 5.31. The van der Waals surface area contributed by atoms with E-state index >= 15 is 0 Å². The highest BCUT2D eigenvalue weighted by Crippen LogP contribution is 2.21. The molecule has 1 N–H and O–H groups in total. The van der Waals surface area contributed by atoms with Crippen LogP contribution < -0.4 is 15.7 Å². The molecule has 7 heteroatoms. The molecule has 2 heterocycles. The lowest BCUT2D eigenvalue weighted by Gasteiger charge is -2.07. The molecule has 6 nitrogen and oxygen atoms in total. The number of benzene rings is 1. The van der Waals surface area contributed by atoms with E-state index in [1.807, 2.05) is 6.92 Å². The van der Waals surface area contributed by atoms with Crippen LogP contribution in [0, 0.1) is 0 Å². The number of rotatable bonds is 5. The van der Waals surface area contributed by atoms with E-state index in [0.717, 1.165) is 10.9 Å². The predicted molar refractivity (Wildman–Crippen MR) is 98.2 cm³/mol. The van der Waals surface area contributed by atoms with Gasteiger partial charge in [0.2, 0.25) is 0 Å². The Balaban J connectivity index is 1.88. The molecule has 0 radical (unpaired) electrons. The third kappa shape index (κ3) is 4.06. The maximum absolute atomic E-state index is 12.3. The largest absolute Gasteiger partial charge is 0.493 e. The van der Waals surface area contributed by atoms with E-state index < -0.39 is 11.5 Å². The average molecular weight is 403 g/mol. The number of carbonyl (C=O) groups excluding carboxylic acids is 1. The molecule has 0 saturated heterocycles. The molecule has 128 valence electrons. The van der Waals surface area contributed by atoms with Gasteiger partial charge in [-0.2, -0.15) is 0 Å². The molecule has 25 heavy (non-hydrogen) atoms. The van der Waals surface area contributed by atoms with Crippen LogP contribution in [0.15, 0.2) is 56.3 Å². The van der Waals surface area contributed by atoms with Crippen molar-refractivity contribution >= 4 is 38.6 Å². The number of halogens is 1. The molecular weight excluding hydrogens is 388 g/mol. The van der Waals surface area contributed by atoms with E-state index in [9.17, 15) is 9.59 Å². The van der Waals surface area contributed by atoms with Crippen LogP contribution in [0.25, 0.3) is 11.0 Å². The number of carbonyl (C=O) groups is 1. The number of ether oxygens (including phenoxy) is 1. The van der Waals surface area contributed by atoms with Crippen molar-refractivity contribution in [1.29, 1.82) is 0 Å². The number of pyridine rings is 1. The van der Waals surface area contributed by atoms with Gasteiger partial charge in [-0.15, -0.1) is 0 Å². The Bertz CT molecular complexity index is 967. The van der Waals surface area contributed by atoms with Crippen molar-refractivity contribution in [1.82, 2.24) is 4.98 Å². The fourth-order valence-electron chi connectivity index (χ4n) is 2.19. The van der Waals surface area contributed by atoms with Crippen LogP contribution in [0.5, 0.6) is 5.75 Å². The van der Waals surface area contributed by atoms with Gasteiger partial charge in [-0.25, -0.2) is 9.78 Å². The summed E-state index contributed by atoms with van der Waals surface area (Å²) in [5.74, 6) is 0.390. The highest BCUT2D eigenvalue weighted by molar-refractivity contribution is 9.10. The molecule has 0 saturated carbocycles. The normalized spacial score (nSPS) is 10.6. The zero-order valence-corrected chi connectivity index (χ0v) is 15.0. The van der Waals surface area contributed by atoms with Crippen molar-refractivity contribution < 1.29 is 13.9 Å². The molecule has 3 aromatic rings. The Hall–Kier alpha value is -2.67.